The molecule has 0 saturated heterocycles. The molecule has 0 aliphatic rings. The fourth-order valence-electron chi connectivity index (χ4n) is 2.69. The highest BCUT2D eigenvalue weighted by molar-refractivity contribution is 7.99. The van der Waals surface area contributed by atoms with Crippen LogP contribution in [0.1, 0.15) is 59.4 Å². The van der Waals surface area contributed by atoms with Crippen LogP contribution < -0.4 is 10.9 Å². The smallest absolute Gasteiger partial charge is 0.344 e. The standard InChI is InChI=1S/C19H23N3O6S/c1-5-7-12-8-13(24)22-19(20-12)29-9-14(25)21-17-16(18(26)27-6-2)15(10(3)23)11(4)28-17/h8H,5-7,9H2,1-4H3,(H,21,25)(H,20,22,24). The maximum atomic E-state index is 12.4. The molecule has 0 unspecified atom stereocenters. The van der Waals surface area contributed by atoms with Crippen LogP contribution in [0.4, 0.5) is 5.88 Å². The second kappa shape index (κ2) is 10.1. The quantitative estimate of drug-likeness (QED) is 0.273. The van der Waals surface area contributed by atoms with Gasteiger partial charge in [0.2, 0.25) is 11.8 Å². The third-order valence-electron chi connectivity index (χ3n) is 3.79. The number of H-pyrrole nitrogens is 1. The molecule has 0 radical (unpaired) electrons. The number of Topliss-reactive ketones (excluding diaryl/α,β-unsaturated/α-hetero) is 1. The van der Waals surface area contributed by atoms with Gasteiger partial charge in [0.1, 0.15) is 11.3 Å². The van der Waals surface area contributed by atoms with Crippen molar-refractivity contribution in [1.82, 2.24) is 9.97 Å². The molecule has 29 heavy (non-hydrogen) atoms. The molecule has 2 aromatic rings. The molecule has 2 rings (SSSR count). The number of aryl methyl sites for hydroxylation is 2. The molecule has 0 saturated carbocycles. The zero-order valence-corrected chi connectivity index (χ0v) is 17.5. The topological polar surface area (TPSA) is 131 Å². The predicted octanol–water partition coefficient (Wildman–Crippen LogP) is 2.73. The minimum atomic E-state index is -0.754. The van der Waals surface area contributed by atoms with Gasteiger partial charge in [-0.3, -0.25) is 19.7 Å². The lowest BCUT2D eigenvalue weighted by Crippen LogP contribution is -2.18. The summed E-state index contributed by atoms with van der Waals surface area (Å²) in [6.07, 6.45) is 1.50. The maximum absolute atomic E-state index is 12.4. The molecule has 0 bridgehead atoms. The van der Waals surface area contributed by atoms with Crippen LogP contribution in [0.15, 0.2) is 20.4 Å². The van der Waals surface area contributed by atoms with Gasteiger partial charge in [0, 0.05) is 11.8 Å². The Kier molecular flexibility index (Phi) is 7.77. The number of hydrogen-bond donors (Lipinski definition) is 2. The molecule has 2 heterocycles. The summed E-state index contributed by atoms with van der Waals surface area (Å²) in [5, 5.41) is 2.81. The number of nitrogens with one attached hydrogen (secondary N) is 2. The summed E-state index contributed by atoms with van der Waals surface area (Å²) in [7, 11) is 0. The van der Waals surface area contributed by atoms with E-state index in [0.717, 1.165) is 18.2 Å². The van der Waals surface area contributed by atoms with E-state index >= 15 is 0 Å². The number of nitrogens with zero attached hydrogens (tertiary/aromatic N) is 1. The second-order valence-electron chi connectivity index (χ2n) is 6.14. The molecule has 1 amide bonds. The first-order valence-corrected chi connectivity index (χ1v) is 10.1. The number of esters is 1. The Bertz CT molecular complexity index is 979. The summed E-state index contributed by atoms with van der Waals surface area (Å²) in [5.74, 6) is -1.64. The zero-order valence-electron chi connectivity index (χ0n) is 16.7. The number of thioether (sulfide) groups is 1. The molecule has 0 spiro atoms. The van der Waals surface area contributed by atoms with Gasteiger partial charge >= 0.3 is 5.97 Å². The maximum Gasteiger partial charge on any atom is 0.344 e. The van der Waals surface area contributed by atoms with E-state index in [2.05, 4.69) is 15.3 Å². The molecule has 0 aliphatic carbocycles. The number of hydrogen-bond acceptors (Lipinski definition) is 8. The number of furan rings is 1. The van der Waals surface area contributed by atoms with Gasteiger partial charge in [-0.15, -0.1) is 0 Å². The van der Waals surface area contributed by atoms with Gasteiger partial charge in [-0.1, -0.05) is 25.1 Å². The van der Waals surface area contributed by atoms with E-state index in [0.29, 0.717) is 17.3 Å². The predicted molar refractivity (Wildman–Crippen MR) is 108 cm³/mol. The number of ketones is 1. The SMILES string of the molecule is CCCc1cc(=O)[nH]c(SCC(=O)Nc2oc(C)c(C(C)=O)c2C(=O)OCC)n1. The van der Waals surface area contributed by atoms with E-state index < -0.39 is 11.9 Å². The number of aromatic amines is 1. The number of amides is 1. The van der Waals surface area contributed by atoms with Gasteiger partial charge in [-0.25, -0.2) is 9.78 Å². The van der Waals surface area contributed by atoms with Crippen LogP contribution in [0, 0.1) is 6.92 Å². The highest BCUT2D eigenvalue weighted by Crippen LogP contribution is 2.29. The van der Waals surface area contributed by atoms with Crippen LogP contribution in [0.2, 0.25) is 0 Å². The lowest BCUT2D eigenvalue weighted by molar-refractivity contribution is -0.113. The Morgan fingerprint density at radius 3 is 2.62 bits per heavy atom. The van der Waals surface area contributed by atoms with E-state index in [1.165, 1.54) is 19.9 Å². The van der Waals surface area contributed by atoms with Crippen molar-refractivity contribution in [2.45, 2.75) is 45.7 Å². The molecule has 0 atom stereocenters. The largest absolute Gasteiger partial charge is 0.462 e. The van der Waals surface area contributed by atoms with Crippen molar-refractivity contribution in [1.29, 1.82) is 0 Å². The molecule has 156 valence electrons. The van der Waals surface area contributed by atoms with Crippen LogP contribution in [-0.2, 0) is 16.0 Å². The highest BCUT2D eigenvalue weighted by atomic mass is 32.2. The number of anilines is 1. The normalized spacial score (nSPS) is 10.6. The summed E-state index contributed by atoms with van der Waals surface area (Å²) >= 11 is 1.04. The van der Waals surface area contributed by atoms with Crippen molar-refractivity contribution in [2.75, 3.05) is 17.7 Å². The molecule has 2 N–H and O–H groups in total. The van der Waals surface area contributed by atoms with Gasteiger partial charge in [0.15, 0.2) is 10.9 Å². The van der Waals surface area contributed by atoms with E-state index in [9.17, 15) is 19.2 Å². The first-order valence-electron chi connectivity index (χ1n) is 9.11. The monoisotopic (exact) mass is 421 g/mol. The molecule has 2 aromatic heterocycles. The molecular formula is C19H23N3O6S. The van der Waals surface area contributed by atoms with Gasteiger partial charge in [0.25, 0.3) is 5.56 Å². The Morgan fingerprint density at radius 1 is 1.28 bits per heavy atom. The average Bonchev–Trinajstić information content (AvgIpc) is 2.96. The van der Waals surface area contributed by atoms with E-state index in [1.54, 1.807) is 6.92 Å². The second-order valence-corrected chi connectivity index (χ2v) is 7.11. The minimum Gasteiger partial charge on any atom is -0.462 e. The van der Waals surface area contributed by atoms with Crippen molar-refractivity contribution in [3.8, 4) is 0 Å². The van der Waals surface area contributed by atoms with E-state index in [1.807, 2.05) is 6.92 Å². The first kappa shape index (κ1) is 22.4. The Morgan fingerprint density at radius 2 is 2.00 bits per heavy atom. The minimum absolute atomic E-state index is 0.0738. The average molecular weight is 421 g/mol. The van der Waals surface area contributed by atoms with Crippen LogP contribution in [0.25, 0.3) is 0 Å². The van der Waals surface area contributed by atoms with Gasteiger partial charge in [0.05, 0.1) is 17.9 Å². The summed E-state index contributed by atoms with van der Waals surface area (Å²) in [6, 6.07) is 1.42. The Balaban J connectivity index is 2.17. The highest BCUT2D eigenvalue weighted by Gasteiger charge is 2.28. The van der Waals surface area contributed by atoms with Crippen molar-refractivity contribution in [3.63, 3.8) is 0 Å². The Labute approximate surface area is 171 Å². The molecule has 10 heteroatoms. The summed E-state index contributed by atoms with van der Waals surface area (Å²) in [4.78, 5) is 55.1. The van der Waals surface area contributed by atoms with Crippen LogP contribution in [-0.4, -0.2) is 40.0 Å². The molecular weight excluding hydrogens is 398 g/mol. The van der Waals surface area contributed by atoms with Crippen LogP contribution >= 0.6 is 11.8 Å². The molecule has 0 aromatic carbocycles. The molecule has 9 nitrogen and oxygen atoms in total. The van der Waals surface area contributed by atoms with Crippen molar-refractivity contribution >= 4 is 35.3 Å². The van der Waals surface area contributed by atoms with Crippen LogP contribution in [0.3, 0.4) is 0 Å². The Hall–Kier alpha value is -2.88. The third kappa shape index (κ3) is 5.80. The lowest BCUT2D eigenvalue weighted by Gasteiger charge is -2.06. The van der Waals surface area contributed by atoms with Crippen LogP contribution in [0.5, 0.6) is 0 Å². The fraction of sp³-hybridized carbons (Fsp3) is 0.421. The van der Waals surface area contributed by atoms with Crippen molar-refractivity contribution < 1.29 is 23.5 Å². The molecule has 0 fully saturated rings. The van der Waals surface area contributed by atoms with Crippen molar-refractivity contribution in [3.05, 3.63) is 39.0 Å². The number of rotatable bonds is 9. The number of ether oxygens (including phenoxy) is 1. The molecule has 0 aliphatic heterocycles. The van der Waals surface area contributed by atoms with Gasteiger partial charge < -0.3 is 14.1 Å². The summed E-state index contributed by atoms with van der Waals surface area (Å²) in [6.45, 7) is 6.54. The lowest BCUT2D eigenvalue weighted by atomic mass is 10.1. The third-order valence-corrected chi connectivity index (χ3v) is 4.66. The van der Waals surface area contributed by atoms with E-state index in [-0.39, 0.29) is 46.5 Å². The van der Waals surface area contributed by atoms with E-state index in [4.69, 9.17) is 9.15 Å². The first-order chi connectivity index (χ1) is 13.8. The van der Waals surface area contributed by atoms with Crippen molar-refractivity contribution in [2.24, 2.45) is 0 Å². The number of aromatic nitrogens is 2. The van der Waals surface area contributed by atoms with Gasteiger partial charge in [-0.05, 0) is 27.2 Å². The fourth-order valence-corrected chi connectivity index (χ4v) is 3.38. The summed E-state index contributed by atoms with van der Waals surface area (Å²) < 4.78 is 10.4. The number of carbonyl (C=O) groups is 3. The number of carbonyl (C=O) groups excluding carboxylic acids is 3. The summed E-state index contributed by atoms with van der Waals surface area (Å²) in [5.41, 5.74) is 0.330. The van der Waals surface area contributed by atoms with Gasteiger partial charge in [-0.2, -0.15) is 0 Å². The zero-order chi connectivity index (χ0) is 21.6.